The second kappa shape index (κ2) is 7.10. The average Bonchev–Trinajstić information content (AvgIpc) is 2.50. The summed E-state index contributed by atoms with van der Waals surface area (Å²) in [6.45, 7) is 0. The SMILES string of the molecule is COc1ccc(N=C(Nc2ccc(Cl)c(Cl)c2)C(F)(F)F)cc1. The fraction of sp³-hybridized carbons (Fsp3) is 0.133. The molecule has 0 aliphatic rings. The summed E-state index contributed by atoms with van der Waals surface area (Å²) in [7, 11) is 1.46. The minimum Gasteiger partial charge on any atom is -0.497 e. The Bertz CT molecular complexity index is 716. The van der Waals surface area contributed by atoms with Crippen molar-refractivity contribution in [3.63, 3.8) is 0 Å². The van der Waals surface area contributed by atoms with E-state index >= 15 is 0 Å². The van der Waals surface area contributed by atoms with Gasteiger partial charge in [0.1, 0.15) is 5.75 Å². The van der Waals surface area contributed by atoms with Crippen molar-refractivity contribution in [3.8, 4) is 5.75 Å². The van der Waals surface area contributed by atoms with Crippen LogP contribution >= 0.6 is 23.2 Å². The lowest BCUT2D eigenvalue weighted by Gasteiger charge is -2.13. The molecule has 0 atom stereocenters. The van der Waals surface area contributed by atoms with Gasteiger partial charge in [0.15, 0.2) is 0 Å². The molecule has 1 N–H and O–H groups in total. The summed E-state index contributed by atoms with van der Waals surface area (Å²) in [5.41, 5.74) is 0.259. The van der Waals surface area contributed by atoms with E-state index in [4.69, 9.17) is 27.9 Å². The molecule has 2 aromatic carbocycles. The Morgan fingerprint density at radius 3 is 2.22 bits per heavy atom. The highest BCUT2D eigenvalue weighted by Crippen LogP contribution is 2.28. The number of ether oxygens (including phenoxy) is 1. The summed E-state index contributed by atoms with van der Waals surface area (Å²) in [6.07, 6.45) is -4.66. The number of alkyl halides is 3. The van der Waals surface area contributed by atoms with Crippen LogP contribution in [0.25, 0.3) is 0 Å². The molecule has 0 amide bonds. The molecule has 0 heterocycles. The zero-order valence-electron chi connectivity index (χ0n) is 11.8. The number of rotatable bonds is 3. The van der Waals surface area contributed by atoms with Crippen LogP contribution in [0.3, 0.4) is 0 Å². The summed E-state index contributed by atoms with van der Waals surface area (Å²) in [5.74, 6) is -0.643. The van der Waals surface area contributed by atoms with Crippen LogP contribution in [0.15, 0.2) is 47.5 Å². The first-order chi connectivity index (χ1) is 10.8. The third-order valence-electron chi connectivity index (χ3n) is 2.76. The number of nitrogens with one attached hydrogen (secondary N) is 1. The average molecular weight is 363 g/mol. The van der Waals surface area contributed by atoms with E-state index in [1.807, 2.05) is 0 Å². The maximum absolute atomic E-state index is 13.1. The van der Waals surface area contributed by atoms with E-state index in [0.29, 0.717) is 5.75 Å². The molecule has 2 aromatic rings. The lowest BCUT2D eigenvalue weighted by molar-refractivity contribution is -0.0586. The number of hydrogen-bond acceptors (Lipinski definition) is 2. The highest BCUT2D eigenvalue weighted by Gasteiger charge is 2.36. The lowest BCUT2D eigenvalue weighted by Crippen LogP contribution is -2.30. The van der Waals surface area contributed by atoms with Gasteiger partial charge in [-0.05, 0) is 42.5 Å². The molecule has 0 saturated heterocycles. The zero-order valence-corrected chi connectivity index (χ0v) is 13.3. The predicted molar refractivity (Wildman–Crippen MR) is 86.2 cm³/mol. The van der Waals surface area contributed by atoms with Crippen LogP contribution in [0, 0.1) is 0 Å². The second-order valence-electron chi connectivity index (χ2n) is 4.41. The van der Waals surface area contributed by atoms with Crippen molar-refractivity contribution in [2.75, 3.05) is 12.4 Å². The van der Waals surface area contributed by atoms with Crippen LogP contribution in [0.1, 0.15) is 0 Å². The van der Waals surface area contributed by atoms with Crippen molar-refractivity contribution in [1.82, 2.24) is 0 Å². The monoisotopic (exact) mass is 362 g/mol. The summed E-state index contributed by atoms with van der Waals surface area (Å²) >= 11 is 11.5. The van der Waals surface area contributed by atoms with Crippen molar-refractivity contribution >= 4 is 40.4 Å². The summed E-state index contributed by atoms with van der Waals surface area (Å²) < 4.78 is 44.4. The van der Waals surface area contributed by atoms with E-state index in [0.717, 1.165) is 0 Å². The Kier molecular flexibility index (Phi) is 5.38. The molecule has 0 unspecified atom stereocenters. The molecule has 0 bridgehead atoms. The Balaban J connectivity index is 2.32. The molecule has 0 aliphatic heterocycles. The second-order valence-corrected chi connectivity index (χ2v) is 5.22. The number of aliphatic imine (C=N–C) groups is 1. The number of benzene rings is 2. The van der Waals surface area contributed by atoms with Gasteiger partial charge in [-0.2, -0.15) is 13.2 Å². The smallest absolute Gasteiger partial charge is 0.449 e. The number of hydrogen-bond donors (Lipinski definition) is 1. The van der Waals surface area contributed by atoms with Gasteiger partial charge in [0, 0.05) is 5.69 Å². The largest absolute Gasteiger partial charge is 0.497 e. The number of anilines is 1. The molecular formula is C15H11Cl2F3N2O. The van der Waals surface area contributed by atoms with Crippen molar-refractivity contribution in [2.45, 2.75) is 6.18 Å². The standard InChI is InChI=1S/C15H11Cl2F3N2O/c1-23-11-5-2-9(3-6-11)21-14(15(18,19)20)22-10-4-7-12(16)13(17)8-10/h2-8H,1H3,(H,21,22). The summed E-state index contributed by atoms with van der Waals surface area (Å²) in [4.78, 5) is 3.60. The Hall–Kier alpha value is -1.92. The van der Waals surface area contributed by atoms with Crippen molar-refractivity contribution < 1.29 is 17.9 Å². The van der Waals surface area contributed by atoms with Gasteiger partial charge in [-0.25, -0.2) is 4.99 Å². The minimum atomic E-state index is -4.66. The van der Waals surface area contributed by atoms with E-state index in [1.165, 1.54) is 49.6 Å². The number of amidine groups is 1. The van der Waals surface area contributed by atoms with E-state index in [2.05, 4.69) is 10.3 Å². The number of methoxy groups -OCH3 is 1. The van der Waals surface area contributed by atoms with E-state index in [9.17, 15) is 13.2 Å². The molecule has 3 nitrogen and oxygen atoms in total. The van der Waals surface area contributed by atoms with Crippen LogP contribution in [-0.2, 0) is 0 Å². The molecule has 122 valence electrons. The molecule has 23 heavy (non-hydrogen) atoms. The maximum Gasteiger partial charge on any atom is 0.449 e. The first-order valence-corrected chi connectivity index (χ1v) is 7.07. The molecule has 8 heteroatoms. The lowest BCUT2D eigenvalue weighted by atomic mass is 10.3. The molecular weight excluding hydrogens is 352 g/mol. The van der Waals surface area contributed by atoms with Gasteiger partial charge in [0.05, 0.1) is 22.8 Å². The van der Waals surface area contributed by atoms with Gasteiger partial charge in [-0.3, -0.25) is 0 Å². The Morgan fingerprint density at radius 2 is 1.70 bits per heavy atom. The van der Waals surface area contributed by atoms with Gasteiger partial charge < -0.3 is 10.1 Å². The highest BCUT2D eigenvalue weighted by atomic mass is 35.5. The van der Waals surface area contributed by atoms with E-state index < -0.39 is 12.0 Å². The first-order valence-electron chi connectivity index (χ1n) is 6.31. The van der Waals surface area contributed by atoms with Crippen LogP contribution in [-0.4, -0.2) is 19.1 Å². The van der Waals surface area contributed by atoms with Crippen LogP contribution in [0.5, 0.6) is 5.75 Å². The van der Waals surface area contributed by atoms with E-state index in [1.54, 1.807) is 0 Å². The fourth-order valence-electron chi connectivity index (χ4n) is 1.66. The van der Waals surface area contributed by atoms with Gasteiger partial charge >= 0.3 is 6.18 Å². The minimum absolute atomic E-state index is 0.129. The van der Waals surface area contributed by atoms with Crippen molar-refractivity contribution in [1.29, 1.82) is 0 Å². The molecule has 0 radical (unpaired) electrons. The molecule has 0 spiro atoms. The van der Waals surface area contributed by atoms with Crippen LogP contribution in [0.4, 0.5) is 24.5 Å². The first kappa shape index (κ1) is 17.4. The molecule has 0 aromatic heterocycles. The molecule has 2 rings (SSSR count). The molecule has 0 aliphatic carbocycles. The summed E-state index contributed by atoms with van der Waals surface area (Å²) in [6, 6.07) is 9.94. The van der Waals surface area contributed by atoms with E-state index in [-0.39, 0.29) is 21.4 Å². The van der Waals surface area contributed by atoms with Crippen molar-refractivity contribution in [3.05, 3.63) is 52.5 Å². The van der Waals surface area contributed by atoms with Gasteiger partial charge in [0.25, 0.3) is 0 Å². The van der Waals surface area contributed by atoms with Gasteiger partial charge in [-0.1, -0.05) is 23.2 Å². The third kappa shape index (κ3) is 4.77. The quantitative estimate of drug-likeness (QED) is 0.560. The van der Waals surface area contributed by atoms with Gasteiger partial charge in [-0.15, -0.1) is 0 Å². The number of nitrogens with zero attached hydrogens (tertiary/aromatic N) is 1. The van der Waals surface area contributed by atoms with Gasteiger partial charge in [0.2, 0.25) is 5.84 Å². The normalized spacial score (nSPS) is 12.2. The topological polar surface area (TPSA) is 33.6 Å². The number of halogens is 5. The third-order valence-corrected chi connectivity index (χ3v) is 3.50. The Labute approximate surface area is 140 Å². The van der Waals surface area contributed by atoms with Crippen molar-refractivity contribution in [2.24, 2.45) is 4.99 Å². The predicted octanol–water partition coefficient (Wildman–Crippen LogP) is 5.71. The Morgan fingerprint density at radius 1 is 1.04 bits per heavy atom. The van der Waals surface area contributed by atoms with Crippen LogP contribution < -0.4 is 10.1 Å². The highest BCUT2D eigenvalue weighted by molar-refractivity contribution is 6.42. The van der Waals surface area contributed by atoms with Crippen LogP contribution in [0.2, 0.25) is 10.0 Å². The molecule has 0 saturated carbocycles. The summed E-state index contributed by atoms with van der Waals surface area (Å²) in [5, 5.41) is 2.60. The fourth-order valence-corrected chi connectivity index (χ4v) is 1.96. The maximum atomic E-state index is 13.1. The zero-order chi connectivity index (χ0) is 17.0. The molecule has 0 fully saturated rings.